The molecule has 0 saturated carbocycles. The van der Waals surface area contributed by atoms with Crippen LogP contribution in [0.3, 0.4) is 0 Å². The van der Waals surface area contributed by atoms with Gasteiger partial charge in [-0.25, -0.2) is 0 Å². The zero-order chi connectivity index (χ0) is 14.5. The van der Waals surface area contributed by atoms with E-state index in [1.54, 1.807) is 0 Å². The van der Waals surface area contributed by atoms with Crippen LogP contribution in [0.25, 0.3) is 0 Å². The summed E-state index contributed by atoms with van der Waals surface area (Å²) >= 11 is 1.82. The number of fused-ring (bicyclic) bond motifs is 1. The average Bonchev–Trinajstić information content (AvgIpc) is 2.41. The summed E-state index contributed by atoms with van der Waals surface area (Å²) in [5.41, 5.74) is 3.09. The molecule has 0 bridgehead atoms. The quantitative estimate of drug-likeness (QED) is 0.810. The Balaban J connectivity index is 2.16. The second-order valence-corrected chi connectivity index (χ2v) is 6.21. The van der Waals surface area contributed by atoms with E-state index < -0.39 is 0 Å². The first-order valence-corrected chi connectivity index (χ1v) is 8.19. The lowest BCUT2D eigenvalue weighted by Gasteiger charge is -2.26. The van der Waals surface area contributed by atoms with Gasteiger partial charge in [-0.15, -0.1) is 0 Å². The predicted octanol–water partition coefficient (Wildman–Crippen LogP) is 3.82. The number of carbonyl (C=O) groups excluding carboxylic acids is 1. The summed E-state index contributed by atoms with van der Waals surface area (Å²) in [7, 11) is 0. The molecule has 20 heavy (non-hydrogen) atoms. The van der Waals surface area contributed by atoms with E-state index in [-0.39, 0.29) is 5.91 Å². The minimum Gasteiger partial charge on any atom is -0.489 e. The molecule has 1 aliphatic heterocycles. The lowest BCUT2D eigenvalue weighted by Crippen LogP contribution is -2.23. The van der Waals surface area contributed by atoms with E-state index in [0.717, 1.165) is 29.2 Å². The highest BCUT2D eigenvalue weighted by Crippen LogP contribution is 2.37. The molecule has 0 spiro atoms. The first-order chi connectivity index (χ1) is 9.60. The molecule has 0 radical (unpaired) electrons. The van der Waals surface area contributed by atoms with Crippen molar-refractivity contribution in [2.75, 3.05) is 23.9 Å². The van der Waals surface area contributed by atoms with E-state index in [2.05, 4.69) is 24.2 Å². The Morgan fingerprint density at radius 2 is 2.35 bits per heavy atom. The maximum atomic E-state index is 11.8. The number of nitrogens with one attached hydrogen (secondary N) is 1. The monoisotopic (exact) mass is 291 g/mol. The van der Waals surface area contributed by atoms with Crippen molar-refractivity contribution >= 4 is 23.4 Å². The molecule has 1 N–H and O–H groups in total. The molecule has 1 amide bonds. The summed E-state index contributed by atoms with van der Waals surface area (Å²) in [6.45, 7) is 6.25. The zero-order valence-corrected chi connectivity index (χ0v) is 12.9. The van der Waals surface area contributed by atoms with Crippen molar-refractivity contribution in [3.05, 3.63) is 35.9 Å². The van der Waals surface area contributed by atoms with Crippen LogP contribution in [0.15, 0.2) is 30.4 Å². The van der Waals surface area contributed by atoms with Gasteiger partial charge >= 0.3 is 0 Å². The summed E-state index contributed by atoms with van der Waals surface area (Å²) in [4.78, 5) is 11.8. The Hall–Kier alpha value is -1.42. The normalized spacial score (nSPS) is 17.3. The van der Waals surface area contributed by atoms with Crippen molar-refractivity contribution in [1.29, 1.82) is 0 Å². The van der Waals surface area contributed by atoms with Gasteiger partial charge in [0.05, 0.1) is 0 Å². The highest BCUT2D eigenvalue weighted by atomic mass is 32.2. The minimum atomic E-state index is 0.0978. The van der Waals surface area contributed by atoms with E-state index in [9.17, 15) is 4.79 Å². The number of amides is 1. The third-order valence-electron chi connectivity index (χ3n) is 3.33. The van der Waals surface area contributed by atoms with Crippen molar-refractivity contribution in [1.82, 2.24) is 0 Å². The molecule has 0 aliphatic carbocycles. The Labute approximate surface area is 124 Å². The molecule has 1 heterocycles. The lowest BCUT2D eigenvalue weighted by molar-refractivity contribution is -0.116. The van der Waals surface area contributed by atoms with Gasteiger partial charge in [0.1, 0.15) is 12.4 Å². The SMILES string of the molecule is C=C(C)COc1ccc2c(c1)NC(=O)C[C@H]2CCSC. The number of anilines is 1. The third kappa shape index (κ3) is 3.79. The van der Waals surface area contributed by atoms with Gasteiger partial charge in [-0.1, -0.05) is 12.6 Å². The predicted molar refractivity (Wildman–Crippen MR) is 85.7 cm³/mol. The number of ether oxygens (including phenoxy) is 1. The summed E-state index contributed by atoms with van der Waals surface area (Å²) in [6.07, 6.45) is 3.71. The van der Waals surface area contributed by atoms with Gasteiger partial charge in [-0.3, -0.25) is 4.79 Å². The first-order valence-electron chi connectivity index (χ1n) is 6.80. The number of thioether (sulfide) groups is 1. The van der Waals surface area contributed by atoms with Gasteiger partial charge in [-0.05, 0) is 48.5 Å². The highest BCUT2D eigenvalue weighted by Gasteiger charge is 2.24. The summed E-state index contributed by atoms with van der Waals surface area (Å²) in [5.74, 6) is 2.27. The van der Waals surface area contributed by atoms with Crippen molar-refractivity contribution < 1.29 is 9.53 Å². The topological polar surface area (TPSA) is 38.3 Å². The zero-order valence-electron chi connectivity index (χ0n) is 12.1. The average molecular weight is 291 g/mol. The maximum absolute atomic E-state index is 11.8. The minimum absolute atomic E-state index is 0.0978. The van der Waals surface area contributed by atoms with Gasteiger partial charge in [-0.2, -0.15) is 11.8 Å². The van der Waals surface area contributed by atoms with E-state index in [0.29, 0.717) is 18.9 Å². The van der Waals surface area contributed by atoms with Crippen molar-refractivity contribution in [3.8, 4) is 5.75 Å². The Morgan fingerprint density at radius 3 is 3.05 bits per heavy atom. The largest absolute Gasteiger partial charge is 0.489 e. The van der Waals surface area contributed by atoms with Gasteiger partial charge in [0, 0.05) is 18.2 Å². The molecular formula is C16H21NO2S. The fourth-order valence-corrected chi connectivity index (χ4v) is 2.87. The second-order valence-electron chi connectivity index (χ2n) is 5.23. The number of carbonyl (C=O) groups is 1. The number of hydrogen-bond acceptors (Lipinski definition) is 3. The van der Waals surface area contributed by atoms with Crippen LogP contribution in [0.2, 0.25) is 0 Å². The van der Waals surface area contributed by atoms with Crippen LogP contribution in [0, 0.1) is 0 Å². The molecule has 108 valence electrons. The second kappa shape index (κ2) is 6.84. The van der Waals surface area contributed by atoms with Crippen LogP contribution < -0.4 is 10.1 Å². The summed E-state index contributed by atoms with van der Waals surface area (Å²) in [6, 6.07) is 5.97. The fraction of sp³-hybridized carbons (Fsp3) is 0.438. The van der Waals surface area contributed by atoms with E-state index in [4.69, 9.17) is 4.74 Å². The molecule has 4 heteroatoms. The molecule has 3 nitrogen and oxygen atoms in total. The lowest BCUT2D eigenvalue weighted by atomic mass is 9.88. The number of benzene rings is 1. The van der Waals surface area contributed by atoms with Gasteiger partial charge in [0.2, 0.25) is 5.91 Å². The van der Waals surface area contributed by atoms with Gasteiger partial charge in [0.25, 0.3) is 0 Å². The molecule has 1 aromatic carbocycles. The molecular weight excluding hydrogens is 270 g/mol. The third-order valence-corrected chi connectivity index (χ3v) is 3.97. The molecule has 1 atom stereocenters. The van der Waals surface area contributed by atoms with E-state index >= 15 is 0 Å². The van der Waals surface area contributed by atoms with Crippen LogP contribution in [0.4, 0.5) is 5.69 Å². The van der Waals surface area contributed by atoms with Crippen molar-refractivity contribution in [2.45, 2.75) is 25.7 Å². The van der Waals surface area contributed by atoms with Crippen LogP contribution in [-0.4, -0.2) is 24.5 Å². The maximum Gasteiger partial charge on any atom is 0.224 e. The fourth-order valence-electron chi connectivity index (χ4n) is 2.35. The van der Waals surface area contributed by atoms with Crippen molar-refractivity contribution in [3.63, 3.8) is 0 Å². The van der Waals surface area contributed by atoms with Gasteiger partial charge in [0.15, 0.2) is 0 Å². The van der Waals surface area contributed by atoms with Crippen LogP contribution in [-0.2, 0) is 4.79 Å². The summed E-state index contributed by atoms with van der Waals surface area (Å²) in [5, 5.41) is 2.95. The van der Waals surface area contributed by atoms with Crippen molar-refractivity contribution in [2.24, 2.45) is 0 Å². The van der Waals surface area contributed by atoms with E-state index in [1.165, 1.54) is 5.56 Å². The first kappa shape index (κ1) is 15.0. The van der Waals surface area contributed by atoms with Crippen LogP contribution in [0.5, 0.6) is 5.75 Å². The van der Waals surface area contributed by atoms with Gasteiger partial charge < -0.3 is 10.1 Å². The Bertz CT molecular complexity index is 513. The molecule has 2 rings (SSSR count). The highest BCUT2D eigenvalue weighted by molar-refractivity contribution is 7.98. The standard InChI is InChI=1S/C16H21NO2S/c1-11(2)10-19-13-4-5-14-12(6-7-20-3)8-16(18)17-15(14)9-13/h4-5,9,12H,1,6-8,10H2,2-3H3,(H,17,18)/t12-/m1/s1. The molecule has 1 aromatic rings. The molecule has 0 fully saturated rings. The smallest absolute Gasteiger partial charge is 0.224 e. The van der Waals surface area contributed by atoms with E-state index in [1.807, 2.05) is 30.8 Å². The Kier molecular flexibility index (Phi) is 5.12. The summed E-state index contributed by atoms with van der Waals surface area (Å²) < 4.78 is 5.63. The molecule has 0 aromatic heterocycles. The van der Waals surface area contributed by atoms with Crippen LogP contribution in [0.1, 0.15) is 31.2 Å². The number of hydrogen-bond donors (Lipinski definition) is 1. The molecule has 1 aliphatic rings. The van der Waals surface area contributed by atoms with Crippen LogP contribution >= 0.6 is 11.8 Å². The number of rotatable bonds is 6. The molecule has 0 unspecified atom stereocenters. The molecule has 0 saturated heterocycles. The Morgan fingerprint density at radius 1 is 1.55 bits per heavy atom.